The van der Waals surface area contributed by atoms with Crippen molar-refractivity contribution in [3.63, 3.8) is 0 Å². The number of hydrogen-bond acceptors (Lipinski definition) is 3. The maximum Gasteiger partial charge on any atom is 0.220 e. The molecule has 1 saturated carbocycles. The summed E-state index contributed by atoms with van der Waals surface area (Å²) >= 11 is 0. The summed E-state index contributed by atoms with van der Waals surface area (Å²) in [6.07, 6.45) is 2.03. The van der Waals surface area contributed by atoms with E-state index in [4.69, 9.17) is 9.47 Å². The molecule has 3 aromatic rings. The van der Waals surface area contributed by atoms with Crippen LogP contribution in [0.2, 0.25) is 0 Å². The summed E-state index contributed by atoms with van der Waals surface area (Å²) in [6.45, 7) is 2.17. The van der Waals surface area contributed by atoms with Crippen LogP contribution in [0.1, 0.15) is 42.6 Å². The Morgan fingerprint density at radius 2 is 1.93 bits per heavy atom. The number of amides is 1. The van der Waals surface area contributed by atoms with Crippen molar-refractivity contribution in [2.45, 2.75) is 31.2 Å². The average Bonchev–Trinajstić information content (AvgIpc) is 3.36. The quantitative estimate of drug-likeness (QED) is 0.720. The fourth-order valence-corrected chi connectivity index (χ4v) is 4.91. The third kappa shape index (κ3) is 2.55. The molecule has 2 heterocycles. The second kappa shape index (κ2) is 6.24. The first-order chi connectivity index (χ1) is 14.0. The number of nitrogens with zero attached hydrogens (tertiary/aromatic N) is 1. The number of benzene rings is 2. The summed E-state index contributed by atoms with van der Waals surface area (Å²) in [4.78, 5) is 18.1. The second-order valence-corrected chi connectivity index (χ2v) is 8.01. The molecular weight excluding hydrogens is 371 g/mol. The van der Waals surface area contributed by atoms with Crippen LogP contribution in [0.25, 0.3) is 10.9 Å². The number of aromatic amines is 1. The smallest absolute Gasteiger partial charge is 0.220 e. The lowest BCUT2D eigenvalue weighted by Gasteiger charge is -2.40. The monoisotopic (exact) mass is 394 g/mol. The van der Waals surface area contributed by atoms with Gasteiger partial charge in [-0.3, -0.25) is 4.79 Å². The molecule has 1 aromatic heterocycles. The van der Waals surface area contributed by atoms with E-state index in [1.165, 1.54) is 17.7 Å². The van der Waals surface area contributed by atoms with Crippen LogP contribution in [0.5, 0.6) is 11.5 Å². The molecule has 1 amide bonds. The highest BCUT2D eigenvalue weighted by Gasteiger charge is 2.55. The van der Waals surface area contributed by atoms with E-state index in [0.29, 0.717) is 17.9 Å². The number of hydrogen-bond donors (Lipinski definition) is 1. The van der Waals surface area contributed by atoms with E-state index < -0.39 is 6.04 Å². The number of H-pyrrole nitrogens is 1. The summed E-state index contributed by atoms with van der Waals surface area (Å²) in [5, 5.41) is 1.06. The van der Waals surface area contributed by atoms with Crippen molar-refractivity contribution in [2.75, 3.05) is 20.8 Å². The molecule has 1 atom stereocenters. The van der Waals surface area contributed by atoms with Crippen molar-refractivity contribution in [3.05, 3.63) is 59.0 Å². The van der Waals surface area contributed by atoms with Gasteiger partial charge in [0.2, 0.25) is 5.91 Å². The summed E-state index contributed by atoms with van der Waals surface area (Å²) in [7, 11) is 3.24. The van der Waals surface area contributed by atoms with Gasteiger partial charge in [-0.25, -0.2) is 4.39 Å². The van der Waals surface area contributed by atoms with Crippen LogP contribution in [-0.4, -0.2) is 36.6 Å². The Kier molecular flexibility index (Phi) is 3.88. The minimum atomic E-state index is -0.448. The van der Waals surface area contributed by atoms with Crippen LogP contribution >= 0.6 is 0 Å². The first-order valence-corrected chi connectivity index (χ1v) is 9.79. The highest BCUT2D eigenvalue weighted by Crippen LogP contribution is 2.59. The van der Waals surface area contributed by atoms with Gasteiger partial charge in [-0.1, -0.05) is 6.07 Å². The molecule has 29 heavy (non-hydrogen) atoms. The van der Waals surface area contributed by atoms with E-state index in [0.717, 1.165) is 35.2 Å². The van der Waals surface area contributed by atoms with Crippen LogP contribution in [0.3, 0.4) is 0 Å². The number of carbonyl (C=O) groups is 1. The largest absolute Gasteiger partial charge is 0.496 e. The molecule has 1 unspecified atom stereocenters. The number of fused-ring (bicyclic) bond motifs is 4. The first-order valence-electron chi connectivity index (χ1n) is 9.79. The summed E-state index contributed by atoms with van der Waals surface area (Å²) in [5.41, 5.74) is 3.65. The van der Waals surface area contributed by atoms with E-state index in [1.807, 2.05) is 23.1 Å². The zero-order chi connectivity index (χ0) is 20.3. The zero-order valence-corrected chi connectivity index (χ0v) is 16.7. The topological polar surface area (TPSA) is 54.6 Å². The molecule has 5 rings (SSSR count). The molecule has 1 aliphatic heterocycles. The van der Waals surface area contributed by atoms with Gasteiger partial charge in [-0.05, 0) is 48.7 Å². The predicted octanol–water partition coefficient (Wildman–Crippen LogP) is 4.31. The third-order valence-electron chi connectivity index (χ3n) is 6.37. The maximum atomic E-state index is 14.2. The van der Waals surface area contributed by atoms with Gasteiger partial charge in [0.05, 0.1) is 14.2 Å². The van der Waals surface area contributed by atoms with Gasteiger partial charge < -0.3 is 19.4 Å². The number of rotatable bonds is 3. The summed E-state index contributed by atoms with van der Waals surface area (Å²) in [6, 6.07) is 9.94. The molecule has 1 fully saturated rings. The molecule has 2 aliphatic rings. The van der Waals surface area contributed by atoms with E-state index >= 15 is 0 Å². The van der Waals surface area contributed by atoms with Gasteiger partial charge in [-0.15, -0.1) is 0 Å². The molecule has 6 heteroatoms. The molecule has 2 aromatic carbocycles. The molecule has 0 radical (unpaired) electrons. The molecule has 150 valence electrons. The number of methoxy groups -OCH3 is 2. The van der Waals surface area contributed by atoms with Gasteiger partial charge in [0, 0.05) is 41.0 Å². The Labute approximate surface area is 168 Å². The molecule has 0 saturated heterocycles. The van der Waals surface area contributed by atoms with Crippen LogP contribution in [0.4, 0.5) is 4.39 Å². The highest BCUT2D eigenvalue weighted by atomic mass is 19.1. The third-order valence-corrected chi connectivity index (χ3v) is 6.37. The zero-order valence-electron chi connectivity index (χ0n) is 16.7. The normalized spacial score (nSPS) is 19.3. The molecule has 0 bridgehead atoms. The fourth-order valence-electron chi connectivity index (χ4n) is 4.91. The van der Waals surface area contributed by atoms with Crippen LogP contribution in [-0.2, 0) is 10.2 Å². The second-order valence-electron chi connectivity index (χ2n) is 8.01. The molecule has 5 nitrogen and oxygen atoms in total. The van der Waals surface area contributed by atoms with E-state index in [9.17, 15) is 9.18 Å². The summed E-state index contributed by atoms with van der Waals surface area (Å²) in [5.74, 6) is 0.980. The van der Waals surface area contributed by atoms with Crippen molar-refractivity contribution >= 4 is 16.8 Å². The Bertz CT molecular complexity index is 1130. The van der Waals surface area contributed by atoms with Crippen molar-refractivity contribution < 1.29 is 18.7 Å². The molecule has 1 aliphatic carbocycles. The first kappa shape index (κ1) is 18.0. The molecule has 1 N–H and O–H groups in total. The Morgan fingerprint density at radius 1 is 1.17 bits per heavy atom. The Hall–Kier alpha value is -3.02. The van der Waals surface area contributed by atoms with Crippen LogP contribution < -0.4 is 9.47 Å². The minimum Gasteiger partial charge on any atom is -0.496 e. The molecular formula is C23H23FN2O3. The molecule has 1 spiro atoms. The van der Waals surface area contributed by atoms with Gasteiger partial charge >= 0.3 is 0 Å². The fraction of sp³-hybridized carbons (Fsp3) is 0.348. The van der Waals surface area contributed by atoms with E-state index in [-0.39, 0.29) is 17.1 Å². The maximum absolute atomic E-state index is 14.2. The standard InChI is InChI=1S/C23H23FN2O3/c1-13(27)26-12-23(9-10-23)20-19-16(5-4-6-18(19)29-3)25-21(20)22(26)15-11-14(24)7-8-17(15)28-2/h4-8,11,22,25H,9-10,12H2,1-3H3. The van der Waals surface area contributed by atoms with Gasteiger partial charge in [-0.2, -0.15) is 0 Å². The van der Waals surface area contributed by atoms with Crippen molar-refractivity contribution in [2.24, 2.45) is 0 Å². The van der Waals surface area contributed by atoms with Gasteiger partial charge in [0.15, 0.2) is 0 Å². The predicted molar refractivity (Wildman–Crippen MR) is 108 cm³/mol. The lowest BCUT2D eigenvalue weighted by molar-refractivity contribution is -0.131. The number of carbonyl (C=O) groups excluding carboxylic acids is 1. The van der Waals surface area contributed by atoms with Crippen LogP contribution in [0, 0.1) is 5.82 Å². The number of nitrogens with one attached hydrogen (secondary N) is 1. The van der Waals surface area contributed by atoms with Crippen LogP contribution in [0.15, 0.2) is 36.4 Å². The lowest BCUT2D eigenvalue weighted by Crippen LogP contribution is -2.44. The van der Waals surface area contributed by atoms with Crippen molar-refractivity contribution in [3.8, 4) is 11.5 Å². The summed E-state index contributed by atoms with van der Waals surface area (Å²) < 4.78 is 25.4. The van der Waals surface area contributed by atoms with Gasteiger partial charge in [0.25, 0.3) is 0 Å². The number of aromatic nitrogens is 1. The lowest BCUT2D eigenvalue weighted by atomic mass is 9.82. The average molecular weight is 394 g/mol. The number of ether oxygens (including phenoxy) is 2. The van der Waals surface area contributed by atoms with Crippen molar-refractivity contribution in [1.29, 1.82) is 0 Å². The van der Waals surface area contributed by atoms with Gasteiger partial charge in [0.1, 0.15) is 23.4 Å². The minimum absolute atomic E-state index is 0.0381. The number of halogens is 1. The van der Waals surface area contributed by atoms with E-state index in [1.54, 1.807) is 27.2 Å². The van der Waals surface area contributed by atoms with E-state index in [2.05, 4.69) is 4.98 Å². The Balaban J connectivity index is 1.84. The highest BCUT2D eigenvalue weighted by molar-refractivity contribution is 5.93. The SMILES string of the molecule is COc1ccc(F)cc1C1c2[nH]c3cccc(OC)c3c2C2(CC2)CN1C(C)=O. The van der Waals surface area contributed by atoms with Crippen molar-refractivity contribution in [1.82, 2.24) is 9.88 Å². The Morgan fingerprint density at radius 3 is 2.59 bits per heavy atom.